The third-order valence-corrected chi connectivity index (χ3v) is 9.20. The van der Waals surface area contributed by atoms with E-state index in [1.165, 1.54) is 25.4 Å². The molecule has 0 amide bonds. The molecule has 0 fully saturated rings. The third kappa shape index (κ3) is 8.82. The van der Waals surface area contributed by atoms with Crippen LogP contribution in [0.15, 0.2) is 51.4 Å². The topological polar surface area (TPSA) is 97.8 Å². The summed E-state index contributed by atoms with van der Waals surface area (Å²) in [5, 5.41) is 31.5. The number of halogens is 17. The van der Waals surface area contributed by atoms with Crippen molar-refractivity contribution in [3.8, 4) is 17.2 Å². The highest BCUT2D eigenvalue weighted by Gasteiger charge is 2.95. The van der Waals surface area contributed by atoms with Crippen molar-refractivity contribution in [2.45, 2.75) is 94.7 Å². The normalized spacial score (nSPS) is 15.4. The minimum atomic E-state index is -8.78. The van der Waals surface area contributed by atoms with E-state index in [2.05, 4.69) is 15.0 Å². The molecule has 0 bridgehead atoms. The van der Waals surface area contributed by atoms with E-state index in [-0.39, 0.29) is 41.3 Å². The van der Waals surface area contributed by atoms with Crippen molar-refractivity contribution in [1.82, 2.24) is 0 Å². The summed E-state index contributed by atoms with van der Waals surface area (Å²) in [5.41, 5.74) is -3.26. The van der Waals surface area contributed by atoms with Gasteiger partial charge in [0.2, 0.25) is 0 Å². The van der Waals surface area contributed by atoms with Crippen LogP contribution in [-0.2, 0) is 5.92 Å². The summed E-state index contributed by atoms with van der Waals surface area (Å²) in [6, 6.07) is 5.84. The van der Waals surface area contributed by atoms with Crippen molar-refractivity contribution in [3.63, 3.8) is 0 Å². The average molecular weight is 904 g/mol. The highest BCUT2D eigenvalue weighted by molar-refractivity contribution is 5.86. The lowest BCUT2D eigenvalue weighted by molar-refractivity contribution is -0.462. The second-order valence-electron chi connectivity index (χ2n) is 14.5. The summed E-state index contributed by atoms with van der Waals surface area (Å²) in [4.78, 5) is 12.6. The van der Waals surface area contributed by atoms with E-state index in [1.807, 2.05) is 0 Å². The fourth-order valence-electron chi connectivity index (χ4n) is 5.65. The monoisotopic (exact) mass is 903 g/mol. The lowest BCUT2D eigenvalue weighted by atomic mass is 9.86. The van der Waals surface area contributed by atoms with Crippen LogP contribution in [0.5, 0.6) is 17.2 Å². The van der Waals surface area contributed by atoms with Crippen LogP contribution in [0.2, 0.25) is 0 Å². The molecule has 0 aliphatic heterocycles. The molecule has 0 spiro atoms. The van der Waals surface area contributed by atoms with Gasteiger partial charge in [0.25, 0.3) is 0 Å². The van der Waals surface area contributed by atoms with E-state index >= 15 is 8.78 Å². The molecular formula is C38H34F17N3O3. The van der Waals surface area contributed by atoms with Crippen molar-refractivity contribution in [1.29, 1.82) is 0 Å². The molecule has 0 aliphatic carbocycles. The second kappa shape index (κ2) is 16.3. The largest absolute Gasteiger partial charge is 0.507 e. The molecule has 338 valence electrons. The summed E-state index contributed by atoms with van der Waals surface area (Å²) >= 11 is 0. The minimum Gasteiger partial charge on any atom is -0.507 e. The zero-order valence-electron chi connectivity index (χ0n) is 32.2. The molecule has 0 unspecified atom stereocenters. The highest BCUT2D eigenvalue weighted by Crippen LogP contribution is 2.65. The predicted molar refractivity (Wildman–Crippen MR) is 189 cm³/mol. The van der Waals surface area contributed by atoms with Crippen molar-refractivity contribution in [2.75, 3.05) is 13.1 Å². The van der Waals surface area contributed by atoms with Gasteiger partial charge in [0.1, 0.15) is 17.2 Å². The SMILES string of the molecule is Cc1cc(C)c(O)c(C=NC[C@@](C)(CN=Cc2cc(C(F)(F)C(F)(F)C(F)(F)C(F)(F)C(F)(F)C(F)(F)C(F)(F)C(F)(F)F)cc(C)c2O)N=Cc2cc(C)cc(C)c2O)c1. The number of aromatic hydroxyl groups is 3. The number of benzene rings is 3. The van der Waals surface area contributed by atoms with Crippen LogP contribution < -0.4 is 0 Å². The molecule has 61 heavy (non-hydrogen) atoms. The molecule has 0 aromatic heterocycles. The lowest BCUT2D eigenvalue weighted by Gasteiger charge is -2.42. The fraction of sp³-hybridized carbons (Fsp3) is 0.447. The minimum absolute atomic E-state index is 0.137. The summed E-state index contributed by atoms with van der Waals surface area (Å²) in [5.74, 6) is -59.3. The fourth-order valence-corrected chi connectivity index (χ4v) is 5.65. The standard InChI is InChI=1S/C38H34F17N3O3/c1-18-7-20(3)27(59)23(9-18)13-56-16-30(6,58-15-24-10-19(2)8-21(4)28(24)60)17-57-14-25-12-26(11-22(5)29(25)61)31(39,40)32(41,42)33(43,44)34(45,46)35(47,48)36(49,50)37(51,52)38(53,54)55/h7-15,59-61H,16-17H2,1-6H3/t30-/m0/s1. The number of alkyl halides is 17. The Hall–Kier alpha value is -5.12. The number of aryl methyl sites for hydroxylation is 5. The van der Waals surface area contributed by atoms with Gasteiger partial charge in [0.15, 0.2) is 0 Å². The third-order valence-electron chi connectivity index (χ3n) is 9.20. The first-order chi connectivity index (χ1) is 27.3. The number of phenolic OH excluding ortho intramolecular Hbond substituents is 3. The van der Waals surface area contributed by atoms with Crippen molar-refractivity contribution in [3.05, 3.63) is 86.5 Å². The zero-order valence-corrected chi connectivity index (χ0v) is 32.2. The summed E-state index contributed by atoms with van der Waals surface area (Å²) in [7, 11) is 0. The Labute approximate surface area is 335 Å². The van der Waals surface area contributed by atoms with Gasteiger partial charge in [-0.3, -0.25) is 15.0 Å². The van der Waals surface area contributed by atoms with Crippen LogP contribution in [0.1, 0.15) is 57.0 Å². The number of hydrogen-bond donors (Lipinski definition) is 3. The van der Waals surface area contributed by atoms with Crippen molar-refractivity contribution < 1.29 is 90.0 Å². The van der Waals surface area contributed by atoms with Crippen LogP contribution in [0.25, 0.3) is 0 Å². The van der Waals surface area contributed by atoms with Gasteiger partial charge in [-0.25, -0.2) is 0 Å². The number of phenols is 3. The molecule has 0 saturated heterocycles. The van der Waals surface area contributed by atoms with E-state index in [9.17, 15) is 81.2 Å². The number of hydrogen-bond acceptors (Lipinski definition) is 6. The van der Waals surface area contributed by atoms with Crippen LogP contribution in [0.3, 0.4) is 0 Å². The number of nitrogens with zero attached hydrogens (tertiary/aromatic N) is 3. The summed E-state index contributed by atoms with van der Waals surface area (Å²) in [6.45, 7) is 7.72. The molecule has 6 nitrogen and oxygen atoms in total. The maximum Gasteiger partial charge on any atom is 0.460 e. The summed E-state index contributed by atoms with van der Waals surface area (Å²) in [6.07, 6.45) is -4.98. The molecule has 3 aromatic carbocycles. The maximum absolute atomic E-state index is 15.3. The van der Waals surface area contributed by atoms with E-state index < -0.39 is 82.2 Å². The van der Waals surface area contributed by atoms with Crippen LogP contribution in [0.4, 0.5) is 74.6 Å². The maximum atomic E-state index is 15.3. The summed E-state index contributed by atoms with van der Waals surface area (Å²) < 4.78 is 237. The molecule has 3 N–H and O–H groups in total. The highest BCUT2D eigenvalue weighted by atomic mass is 19.4. The Morgan fingerprint density at radius 1 is 0.443 bits per heavy atom. The molecule has 3 aromatic rings. The smallest absolute Gasteiger partial charge is 0.460 e. The van der Waals surface area contributed by atoms with Gasteiger partial charge in [0.05, 0.1) is 18.6 Å². The van der Waals surface area contributed by atoms with E-state index in [0.29, 0.717) is 29.8 Å². The first kappa shape index (κ1) is 50.2. The van der Waals surface area contributed by atoms with Gasteiger partial charge in [-0.2, -0.15) is 74.6 Å². The van der Waals surface area contributed by atoms with E-state index in [1.54, 1.807) is 45.9 Å². The quantitative estimate of drug-likeness (QED) is 0.105. The molecule has 0 radical (unpaired) electrons. The molecule has 0 heterocycles. The van der Waals surface area contributed by atoms with Gasteiger partial charge < -0.3 is 15.3 Å². The Morgan fingerprint density at radius 2 is 0.770 bits per heavy atom. The first-order valence-electron chi connectivity index (χ1n) is 17.1. The van der Waals surface area contributed by atoms with Crippen LogP contribution in [-0.4, -0.2) is 94.3 Å². The molecule has 0 aliphatic rings. The van der Waals surface area contributed by atoms with Crippen molar-refractivity contribution in [2.24, 2.45) is 15.0 Å². The Bertz CT molecular complexity index is 2220. The first-order valence-corrected chi connectivity index (χ1v) is 17.1. The molecule has 3 rings (SSSR count). The molecule has 23 heteroatoms. The van der Waals surface area contributed by atoms with Gasteiger partial charge in [-0.15, -0.1) is 0 Å². The van der Waals surface area contributed by atoms with E-state index in [0.717, 1.165) is 5.56 Å². The zero-order chi connectivity index (χ0) is 47.3. The van der Waals surface area contributed by atoms with Gasteiger partial charge in [0, 0.05) is 40.9 Å². The Morgan fingerprint density at radius 3 is 1.16 bits per heavy atom. The second-order valence-corrected chi connectivity index (χ2v) is 14.5. The number of aliphatic imine (C=N–C) groups is 3. The van der Waals surface area contributed by atoms with Gasteiger partial charge in [-0.05, 0) is 93.6 Å². The van der Waals surface area contributed by atoms with Crippen molar-refractivity contribution >= 4 is 18.6 Å². The van der Waals surface area contributed by atoms with Crippen LogP contribution in [0, 0.1) is 34.6 Å². The van der Waals surface area contributed by atoms with Crippen LogP contribution >= 0.6 is 0 Å². The van der Waals surface area contributed by atoms with Gasteiger partial charge in [-0.1, -0.05) is 12.1 Å². The number of rotatable bonds is 15. The predicted octanol–water partition coefficient (Wildman–Crippen LogP) is 11.2. The lowest BCUT2D eigenvalue weighted by Crippen LogP contribution is -2.74. The van der Waals surface area contributed by atoms with E-state index in [4.69, 9.17) is 0 Å². The van der Waals surface area contributed by atoms with Gasteiger partial charge >= 0.3 is 47.6 Å². The Balaban J connectivity index is 2.11. The molecule has 1 atom stereocenters. The average Bonchev–Trinajstić information content (AvgIpc) is 3.11. The molecular weight excluding hydrogens is 869 g/mol. The Kier molecular flexibility index (Phi) is 13.4. The molecule has 0 saturated carbocycles.